The van der Waals surface area contributed by atoms with Gasteiger partial charge in [-0.25, -0.2) is 4.98 Å². The van der Waals surface area contributed by atoms with Crippen LogP contribution in [0.4, 0.5) is 5.82 Å². The second-order valence-corrected chi connectivity index (χ2v) is 4.51. The lowest BCUT2D eigenvalue weighted by Crippen LogP contribution is -2.36. The number of pyridine rings is 1. The summed E-state index contributed by atoms with van der Waals surface area (Å²) in [6.45, 7) is 7.63. The predicted molar refractivity (Wildman–Crippen MR) is 69.2 cm³/mol. The second kappa shape index (κ2) is 5.47. The molecule has 2 N–H and O–H groups in total. The maximum absolute atomic E-state index is 6.05. The number of nitrogens with two attached hydrogens (primary N) is 1. The number of anilines is 1. The molecule has 0 amide bonds. The fraction of sp³-hybridized carbons (Fsp3) is 0.615. The number of ether oxygens (including phenoxy) is 1. The minimum atomic E-state index is 0.0984. The van der Waals surface area contributed by atoms with Gasteiger partial charge in [0.15, 0.2) is 0 Å². The average molecular weight is 235 g/mol. The quantitative estimate of drug-likeness (QED) is 0.865. The third kappa shape index (κ3) is 2.76. The highest BCUT2D eigenvalue weighted by Gasteiger charge is 2.14. The number of hydrogen-bond acceptors (Lipinski definition) is 4. The number of aromatic nitrogens is 1. The summed E-state index contributed by atoms with van der Waals surface area (Å²) >= 11 is 0. The van der Waals surface area contributed by atoms with Crippen LogP contribution < -0.4 is 10.6 Å². The fourth-order valence-corrected chi connectivity index (χ4v) is 2.13. The number of rotatable bonds is 3. The molecule has 0 radical (unpaired) electrons. The molecule has 2 heterocycles. The summed E-state index contributed by atoms with van der Waals surface area (Å²) < 4.78 is 5.34. The fourth-order valence-electron chi connectivity index (χ4n) is 2.13. The largest absolute Gasteiger partial charge is 0.378 e. The predicted octanol–water partition coefficient (Wildman–Crippen LogP) is 1.64. The van der Waals surface area contributed by atoms with Crippen molar-refractivity contribution in [2.75, 3.05) is 31.2 Å². The Labute approximate surface area is 103 Å². The Morgan fingerprint density at radius 1 is 1.47 bits per heavy atom. The highest BCUT2D eigenvalue weighted by atomic mass is 16.5. The molecule has 0 aliphatic carbocycles. The highest BCUT2D eigenvalue weighted by molar-refractivity contribution is 5.44. The number of hydrogen-bond donors (Lipinski definition) is 1. The molecule has 1 atom stereocenters. The molecule has 1 aliphatic heterocycles. The Hall–Kier alpha value is -1.13. The number of aryl methyl sites for hydroxylation is 1. The zero-order valence-electron chi connectivity index (χ0n) is 10.6. The van der Waals surface area contributed by atoms with E-state index >= 15 is 0 Å². The van der Waals surface area contributed by atoms with Crippen LogP contribution in [0.25, 0.3) is 0 Å². The molecule has 4 heteroatoms. The van der Waals surface area contributed by atoms with Crippen molar-refractivity contribution in [1.29, 1.82) is 0 Å². The third-order valence-electron chi connectivity index (χ3n) is 3.31. The van der Waals surface area contributed by atoms with Crippen molar-refractivity contribution < 1.29 is 4.74 Å². The van der Waals surface area contributed by atoms with Gasteiger partial charge in [-0.3, -0.25) is 0 Å². The van der Waals surface area contributed by atoms with E-state index in [4.69, 9.17) is 10.5 Å². The van der Waals surface area contributed by atoms with Crippen LogP contribution in [0.15, 0.2) is 12.3 Å². The van der Waals surface area contributed by atoms with Gasteiger partial charge in [-0.1, -0.05) is 6.92 Å². The molecule has 0 bridgehead atoms. The van der Waals surface area contributed by atoms with Gasteiger partial charge in [-0.05, 0) is 30.5 Å². The maximum atomic E-state index is 6.05. The third-order valence-corrected chi connectivity index (χ3v) is 3.31. The molecule has 0 saturated carbocycles. The standard InChI is InChI=1S/C13H21N3O/c1-3-12(14)11-9-15-13(8-10(11)2)16-4-6-17-7-5-16/h8-9,12H,3-7,14H2,1-2H3/t12-/m0/s1. The van der Waals surface area contributed by atoms with Crippen LogP contribution in [0.2, 0.25) is 0 Å². The van der Waals surface area contributed by atoms with Gasteiger partial charge in [-0.15, -0.1) is 0 Å². The van der Waals surface area contributed by atoms with Crippen LogP contribution in [0.3, 0.4) is 0 Å². The van der Waals surface area contributed by atoms with Crippen molar-refractivity contribution in [3.05, 3.63) is 23.4 Å². The van der Waals surface area contributed by atoms with Crippen molar-refractivity contribution in [3.8, 4) is 0 Å². The van der Waals surface area contributed by atoms with Gasteiger partial charge in [0, 0.05) is 25.3 Å². The number of nitrogens with zero attached hydrogens (tertiary/aromatic N) is 2. The lowest BCUT2D eigenvalue weighted by atomic mass is 10.0. The molecule has 0 unspecified atom stereocenters. The molecule has 1 saturated heterocycles. The normalized spacial score (nSPS) is 18.2. The van der Waals surface area contributed by atoms with E-state index < -0.39 is 0 Å². The Morgan fingerprint density at radius 3 is 2.76 bits per heavy atom. The van der Waals surface area contributed by atoms with E-state index in [1.54, 1.807) is 0 Å². The van der Waals surface area contributed by atoms with Gasteiger partial charge in [0.1, 0.15) is 5.82 Å². The summed E-state index contributed by atoms with van der Waals surface area (Å²) in [5.41, 5.74) is 8.44. The minimum absolute atomic E-state index is 0.0984. The average Bonchev–Trinajstić information content (AvgIpc) is 2.39. The van der Waals surface area contributed by atoms with E-state index in [0.29, 0.717) is 0 Å². The van der Waals surface area contributed by atoms with Crippen LogP contribution in [-0.2, 0) is 4.74 Å². The van der Waals surface area contributed by atoms with Gasteiger partial charge in [0.25, 0.3) is 0 Å². The van der Waals surface area contributed by atoms with Crippen LogP contribution in [0, 0.1) is 6.92 Å². The molecular weight excluding hydrogens is 214 g/mol. The molecular formula is C13H21N3O. The molecule has 17 heavy (non-hydrogen) atoms. The Balaban J connectivity index is 2.17. The monoisotopic (exact) mass is 235 g/mol. The summed E-state index contributed by atoms with van der Waals surface area (Å²) in [7, 11) is 0. The van der Waals surface area contributed by atoms with Gasteiger partial charge in [0.05, 0.1) is 13.2 Å². The van der Waals surface area contributed by atoms with E-state index in [-0.39, 0.29) is 6.04 Å². The lowest BCUT2D eigenvalue weighted by molar-refractivity contribution is 0.122. The zero-order valence-corrected chi connectivity index (χ0v) is 10.6. The summed E-state index contributed by atoms with van der Waals surface area (Å²) in [5.74, 6) is 1.04. The molecule has 4 nitrogen and oxygen atoms in total. The van der Waals surface area contributed by atoms with Crippen LogP contribution in [0.1, 0.15) is 30.5 Å². The Morgan fingerprint density at radius 2 is 2.18 bits per heavy atom. The first-order chi connectivity index (χ1) is 8.22. The highest BCUT2D eigenvalue weighted by Crippen LogP contribution is 2.22. The van der Waals surface area contributed by atoms with E-state index in [1.165, 1.54) is 5.56 Å². The molecule has 1 fully saturated rings. The Bertz CT molecular complexity index is 375. The van der Waals surface area contributed by atoms with Crippen molar-refractivity contribution >= 4 is 5.82 Å². The zero-order chi connectivity index (χ0) is 12.3. The first-order valence-electron chi connectivity index (χ1n) is 6.27. The molecule has 2 rings (SSSR count). The molecule has 1 aromatic rings. The van der Waals surface area contributed by atoms with Crippen molar-refractivity contribution in [1.82, 2.24) is 4.98 Å². The SMILES string of the molecule is CC[C@H](N)c1cnc(N2CCOCC2)cc1C. The molecule has 0 aromatic carbocycles. The van der Waals surface area contributed by atoms with Crippen molar-refractivity contribution in [2.45, 2.75) is 26.3 Å². The summed E-state index contributed by atoms with van der Waals surface area (Å²) in [4.78, 5) is 6.78. The second-order valence-electron chi connectivity index (χ2n) is 4.51. The van der Waals surface area contributed by atoms with Gasteiger partial charge in [-0.2, -0.15) is 0 Å². The first kappa shape index (κ1) is 12.3. The van der Waals surface area contributed by atoms with Crippen molar-refractivity contribution in [3.63, 3.8) is 0 Å². The van der Waals surface area contributed by atoms with Gasteiger partial charge in [0.2, 0.25) is 0 Å². The topological polar surface area (TPSA) is 51.4 Å². The van der Waals surface area contributed by atoms with E-state index in [1.807, 2.05) is 6.20 Å². The summed E-state index contributed by atoms with van der Waals surface area (Å²) in [6.07, 6.45) is 2.87. The summed E-state index contributed by atoms with van der Waals surface area (Å²) in [6, 6.07) is 2.23. The molecule has 94 valence electrons. The minimum Gasteiger partial charge on any atom is -0.378 e. The van der Waals surface area contributed by atoms with E-state index in [9.17, 15) is 0 Å². The maximum Gasteiger partial charge on any atom is 0.128 e. The molecule has 1 aromatic heterocycles. The molecule has 1 aliphatic rings. The van der Waals surface area contributed by atoms with Crippen LogP contribution in [-0.4, -0.2) is 31.3 Å². The Kier molecular flexibility index (Phi) is 3.97. The van der Waals surface area contributed by atoms with Crippen LogP contribution in [0.5, 0.6) is 0 Å². The van der Waals surface area contributed by atoms with Gasteiger partial charge < -0.3 is 15.4 Å². The number of morpholine rings is 1. The lowest BCUT2D eigenvalue weighted by Gasteiger charge is -2.28. The summed E-state index contributed by atoms with van der Waals surface area (Å²) in [5, 5.41) is 0. The van der Waals surface area contributed by atoms with Gasteiger partial charge >= 0.3 is 0 Å². The first-order valence-corrected chi connectivity index (χ1v) is 6.27. The molecule has 0 spiro atoms. The van der Waals surface area contributed by atoms with E-state index in [2.05, 4.69) is 29.8 Å². The van der Waals surface area contributed by atoms with Crippen LogP contribution >= 0.6 is 0 Å². The smallest absolute Gasteiger partial charge is 0.128 e. The van der Waals surface area contributed by atoms with E-state index in [0.717, 1.165) is 44.1 Å². The van der Waals surface area contributed by atoms with Crippen molar-refractivity contribution in [2.24, 2.45) is 5.73 Å².